The molecule has 1 N–H and O–H groups in total. The molecule has 1 unspecified atom stereocenters. The zero-order valence-electron chi connectivity index (χ0n) is 43.3. The molecule has 1 atom stereocenters. The van der Waals surface area contributed by atoms with Crippen molar-refractivity contribution in [1.82, 2.24) is 0 Å². The van der Waals surface area contributed by atoms with Crippen LogP contribution in [0.2, 0.25) is 0 Å². The number of unbranched alkanes of at least 4 members (excludes halogenated alkanes) is 13. The van der Waals surface area contributed by atoms with Crippen molar-refractivity contribution < 1.29 is 24.2 Å². The van der Waals surface area contributed by atoms with Gasteiger partial charge in [-0.2, -0.15) is 0 Å². The van der Waals surface area contributed by atoms with E-state index in [9.17, 15) is 14.7 Å². The first-order valence-corrected chi connectivity index (χ1v) is 27.0. The van der Waals surface area contributed by atoms with E-state index in [0.717, 1.165) is 128 Å². The molecule has 0 aromatic heterocycles. The highest BCUT2D eigenvalue weighted by Crippen LogP contribution is 2.13. The van der Waals surface area contributed by atoms with Gasteiger partial charge < -0.3 is 14.6 Å². The van der Waals surface area contributed by atoms with Crippen LogP contribution < -0.4 is 0 Å². The van der Waals surface area contributed by atoms with Crippen LogP contribution in [0.1, 0.15) is 206 Å². The first kappa shape index (κ1) is 63.5. The Kier molecular flexibility index (Phi) is 53.1. The van der Waals surface area contributed by atoms with E-state index in [1.807, 2.05) is 0 Å². The van der Waals surface area contributed by atoms with E-state index in [0.29, 0.717) is 12.8 Å². The lowest BCUT2D eigenvalue weighted by molar-refractivity contribution is -0.161. The molecule has 0 aromatic carbocycles. The number of esters is 2. The van der Waals surface area contributed by atoms with Crippen molar-refractivity contribution in [2.45, 2.75) is 213 Å². The third-order valence-electron chi connectivity index (χ3n) is 10.8. The Hall–Kier alpha value is -4.48. The van der Waals surface area contributed by atoms with Crippen molar-refractivity contribution in [3.63, 3.8) is 0 Å². The van der Waals surface area contributed by atoms with E-state index < -0.39 is 6.10 Å². The second-order valence-corrected chi connectivity index (χ2v) is 17.2. The summed E-state index contributed by atoms with van der Waals surface area (Å²) in [6.45, 7) is 3.86. The maximum atomic E-state index is 12.3. The van der Waals surface area contributed by atoms with Crippen LogP contribution in [0.15, 0.2) is 158 Å². The summed E-state index contributed by atoms with van der Waals surface area (Å²) in [5, 5.41) is 9.60. The molecule has 5 heteroatoms. The number of allylic oxidation sites excluding steroid dienone is 26. The number of hydrogen-bond donors (Lipinski definition) is 1. The van der Waals surface area contributed by atoms with Crippen LogP contribution in [0.5, 0.6) is 0 Å². The van der Waals surface area contributed by atoms with Crippen molar-refractivity contribution in [2.24, 2.45) is 0 Å². The quantitative estimate of drug-likeness (QED) is 0.0374. The van der Waals surface area contributed by atoms with E-state index in [2.05, 4.69) is 172 Å². The molecule has 0 fully saturated rings. The predicted octanol–water partition coefficient (Wildman–Crippen LogP) is 18.4. The van der Waals surface area contributed by atoms with Gasteiger partial charge in [0, 0.05) is 12.8 Å². The second kappa shape index (κ2) is 56.8. The molecule has 0 saturated carbocycles. The number of carbonyl (C=O) groups excluding carboxylic acids is 2. The molecule has 0 aliphatic heterocycles. The van der Waals surface area contributed by atoms with Gasteiger partial charge in [0.05, 0.1) is 6.61 Å². The van der Waals surface area contributed by atoms with Crippen LogP contribution in [0, 0.1) is 0 Å². The van der Waals surface area contributed by atoms with Gasteiger partial charge in [0.1, 0.15) is 6.61 Å². The predicted molar refractivity (Wildman–Crippen MR) is 297 cm³/mol. The molecule has 0 radical (unpaired) electrons. The van der Waals surface area contributed by atoms with Gasteiger partial charge in [0.2, 0.25) is 0 Å². The average molecular weight is 935 g/mol. The standard InChI is InChI=1S/C63H98O5/c1-3-5-7-9-11-13-15-17-18-19-20-21-22-23-24-25-26-27-28-29-30-31-32-33-34-35-36-37-38-39-40-41-42-43-44-46-48-50-52-54-56-58-63(66)68-61(59-64)60-67-62(65)57-55-53-51-49-47-45-16-14-12-10-8-6-4-2/h5-8,11-14,17-18,20-21,23-24,26-27,29-30,32-33,35-36,38-39,45,47,61,64H,3-4,9-10,15-16,19,22,25,28,31,34,37,40-44,46,48-60H2,1-2H3/b7-5-,8-6-,13-11-,14-12-,18-17-,21-20-,24-23-,27-26-,30-29-,33-32-,36-35-,39-38-,47-45-. The lowest BCUT2D eigenvalue weighted by atomic mass is 10.0. The number of ether oxygens (including phenoxy) is 2. The monoisotopic (exact) mass is 935 g/mol. The lowest BCUT2D eigenvalue weighted by Gasteiger charge is -2.15. The van der Waals surface area contributed by atoms with E-state index >= 15 is 0 Å². The highest BCUT2D eigenvalue weighted by molar-refractivity contribution is 5.70. The summed E-state index contributed by atoms with van der Waals surface area (Å²) < 4.78 is 10.6. The maximum Gasteiger partial charge on any atom is 0.306 e. The van der Waals surface area contributed by atoms with E-state index in [4.69, 9.17) is 9.47 Å². The number of aliphatic hydroxyl groups excluding tert-OH is 1. The van der Waals surface area contributed by atoms with Gasteiger partial charge in [-0.3, -0.25) is 9.59 Å². The summed E-state index contributed by atoms with van der Waals surface area (Å²) >= 11 is 0. The summed E-state index contributed by atoms with van der Waals surface area (Å²) in [6, 6.07) is 0. The summed E-state index contributed by atoms with van der Waals surface area (Å²) in [6.07, 6.45) is 87.8. The molecule has 380 valence electrons. The van der Waals surface area contributed by atoms with Crippen LogP contribution in [0.3, 0.4) is 0 Å². The molecule has 0 rings (SSSR count). The fraction of sp³-hybridized carbons (Fsp3) is 0.556. The minimum atomic E-state index is -0.796. The number of hydrogen-bond acceptors (Lipinski definition) is 5. The fourth-order valence-electron chi connectivity index (χ4n) is 6.83. The minimum absolute atomic E-state index is 0.0916. The molecular formula is C63H98O5. The summed E-state index contributed by atoms with van der Waals surface area (Å²) in [5.74, 6) is -0.642. The highest BCUT2D eigenvalue weighted by Gasteiger charge is 2.16. The van der Waals surface area contributed by atoms with Crippen molar-refractivity contribution in [2.75, 3.05) is 13.2 Å². The third kappa shape index (κ3) is 54.1. The molecule has 0 amide bonds. The summed E-state index contributed by atoms with van der Waals surface area (Å²) in [4.78, 5) is 24.4. The van der Waals surface area contributed by atoms with Gasteiger partial charge >= 0.3 is 11.9 Å². The Morgan fingerprint density at radius 3 is 0.897 bits per heavy atom. The van der Waals surface area contributed by atoms with Gasteiger partial charge in [0.15, 0.2) is 6.10 Å². The minimum Gasteiger partial charge on any atom is -0.462 e. The molecule has 0 heterocycles. The first-order chi connectivity index (χ1) is 33.6. The largest absolute Gasteiger partial charge is 0.462 e. The number of aliphatic hydroxyl groups is 1. The van der Waals surface area contributed by atoms with Gasteiger partial charge in [0.25, 0.3) is 0 Å². The Morgan fingerprint density at radius 2 is 0.588 bits per heavy atom. The van der Waals surface area contributed by atoms with Gasteiger partial charge in [-0.15, -0.1) is 0 Å². The Bertz CT molecular complexity index is 1520. The molecule has 0 aliphatic rings. The van der Waals surface area contributed by atoms with Crippen LogP contribution >= 0.6 is 0 Å². The molecule has 0 aromatic rings. The molecule has 0 saturated heterocycles. The lowest BCUT2D eigenvalue weighted by Crippen LogP contribution is -2.28. The summed E-state index contributed by atoms with van der Waals surface area (Å²) in [5.41, 5.74) is 0. The average Bonchev–Trinajstić information content (AvgIpc) is 3.34. The van der Waals surface area contributed by atoms with Crippen molar-refractivity contribution >= 4 is 11.9 Å². The van der Waals surface area contributed by atoms with Crippen LogP contribution in [0.25, 0.3) is 0 Å². The molecule has 0 spiro atoms. The van der Waals surface area contributed by atoms with E-state index in [-0.39, 0.29) is 25.2 Å². The zero-order valence-corrected chi connectivity index (χ0v) is 43.3. The maximum absolute atomic E-state index is 12.3. The van der Waals surface area contributed by atoms with E-state index in [1.165, 1.54) is 51.4 Å². The Labute approximate surface area is 418 Å². The normalized spacial score (nSPS) is 13.5. The van der Waals surface area contributed by atoms with E-state index in [1.54, 1.807) is 0 Å². The highest BCUT2D eigenvalue weighted by atomic mass is 16.6. The molecule has 68 heavy (non-hydrogen) atoms. The Balaban J connectivity index is 3.61. The van der Waals surface area contributed by atoms with Gasteiger partial charge in [-0.1, -0.05) is 230 Å². The molecular weight excluding hydrogens is 837 g/mol. The smallest absolute Gasteiger partial charge is 0.306 e. The molecule has 0 aliphatic carbocycles. The molecule has 5 nitrogen and oxygen atoms in total. The van der Waals surface area contributed by atoms with Crippen molar-refractivity contribution in [1.29, 1.82) is 0 Å². The SMILES string of the molecule is CC/C=C\C/C=C\C/C=C\C/C=C\C/C=C\C/C=C\C/C=C\C/C=C\C/C=C\C/C=C\CCCCCCCCCCCCC(=O)OC(CO)COC(=O)CCCCC/C=C\C/C=C\C/C=C\CC. The first-order valence-electron chi connectivity index (χ1n) is 27.0. The fourth-order valence-corrected chi connectivity index (χ4v) is 6.83. The topological polar surface area (TPSA) is 72.8 Å². The van der Waals surface area contributed by atoms with Crippen molar-refractivity contribution in [3.05, 3.63) is 158 Å². The Morgan fingerprint density at radius 1 is 0.338 bits per heavy atom. The second-order valence-electron chi connectivity index (χ2n) is 17.2. The zero-order chi connectivity index (χ0) is 49.2. The van der Waals surface area contributed by atoms with Gasteiger partial charge in [-0.05, 0) is 122 Å². The molecule has 0 bridgehead atoms. The van der Waals surface area contributed by atoms with Crippen LogP contribution in [0.4, 0.5) is 0 Å². The van der Waals surface area contributed by atoms with Crippen LogP contribution in [-0.2, 0) is 19.1 Å². The number of rotatable bonds is 47. The third-order valence-corrected chi connectivity index (χ3v) is 10.8. The van der Waals surface area contributed by atoms with Gasteiger partial charge in [-0.25, -0.2) is 0 Å². The van der Waals surface area contributed by atoms with Crippen molar-refractivity contribution in [3.8, 4) is 0 Å². The summed E-state index contributed by atoms with van der Waals surface area (Å²) in [7, 11) is 0. The van der Waals surface area contributed by atoms with Crippen LogP contribution in [-0.4, -0.2) is 36.4 Å². The number of carbonyl (C=O) groups is 2.